The summed E-state index contributed by atoms with van der Waals surface area (Å²) in [4.78, 5) is 4.07. The van der Waals surface area contributed by atoms with E-state index in [1.807, 2.05) is 30.5 Å². The van der Waals surface area contributed by atoms with E-state index in [-0.39, 0.29) is 0 Å². The van der Waals surface area contributed by atoms with E-state index in [1.165, 1.54) is 11.3 Å². The van der Waals surface area contributed by atoms with Crippen LogP contribution in [0.15, 0.2) is 29.8 Å². The third-order valence-electron chi connectivity index (χ3n) is 2.15. The second kappa shape index (κ2) is 5.65. The molecule has 2 rings (SSSR count). The van der Waals surface area contributed by atoms with Gasteiger partial charge in [0.15, 0.2) is 11.5 Å². The second-order valence-electron chi connectivity index (χ2n) is 3.32. The molecular formula is C12H14N2O2S. The van der Waals surface area contributed by atoms with Crippen LogP contribution in [0, 0.1) is 0 Å². The van der Waals surface area contributed by atoms with Crippen LogP contribution in [0.4, 0.5) is 0 Å². The Labute approximate surface area is 104 Å². The molecule has 0 radical (unpaired) electrons. The lowest BCUT2D eigenvalue weighted by molar-refractivity contribution is 0.320. The van der Waals surface area contributed by atoms with Crippen LogP contribution in [-0.4, -0.2) is 11.6 Å². The van der Waals surface area contributed by atoms with Crippen LogP contribution in [0.3, 0.4) is 0 Å². The maximum absolute atomic E-state index is 5.64. The van der Waals surface area contributed by atoms with Crippen molar-refractivity contribution in [2.75, 3.05) is 6.61 Å². The van der Waals surface area contributed by atoms with Crippen molar-refractivity contribution in [1.29, 1.82) is 0 Å². The van der Waals surface area contributed by atoms with Gasteiger partial charge in [-0.3, -0.25) is 0 Å². The number of aromatic nitrogens is 1. The van der Waals surface area contributed by atoms with E-state index < -0.39 is 0 Å². The maximum Gasteiger partial charge on any atom is 0.278 e. The predicted molar refractivity (Wildman–Crippen MR) is 67.7 cm³/mol. The van der Waals surface area contributed by atoms with Crippen LogP contribution >= 0.6 is 11.3 Å². The first kappa shape index (κ1) is 11.9. The van der Waals surface area contributed by atoms with E-state index in [9.17, 15) is 0 Å². The Morgan fingerprint density at radius 3 is 2.88 bits per heavy atom. The molecule has 1 aromatic heterocycles. The van der Waals surface area contributed by atoms with Crippen molar-refractivity contribution < 1.29 is 9.47 Å². The molecule has 0 aliphatic heterocycles. The minimum absolute atomic E-state index is 0.484. The number of hydrogen-bond donors (Lipinski definition) is 1. The maximum atomic E-state index is 5.64. The molecule has 0 fully saturated rings. The molecule has 0 saturated carbocycles. The molecule has 2 N–H and O–H groups in total. The average molecular weight is 250 g/mol. The van der Waals surface area contributed by atoms with E-state index in [0.29, 0.717) is 29.8 Å². The van der Waals surface area contributed by atoms with Gasteiger partial charge < -0.3 is 15.2 Å². The van der Waals surface area contributed by atoms with Gasteiger partial charge in [0.25, 0.3) is 5.19 Å². The van der Waals surface area contributed by atoms with Gasteiger partial charge in [0.05, 0.1) is 6.61 Å². The molecule has 1 heterocycles. The largest absolute Gasteiger partial charge is 0.490 e. The Hall–Kier alpha value is -1.59. The fourth-order valence-corrected chi connectivity index (χ4v) is 1.88. The summed E-state index contributed by atoms with van der Waals surface area (Å²) in [5, 5.41) is 2.47. The number of nitrogens with two attached hydrogens (primary N) is 1. The first-order valence-electron chi connectivity index (χ1n) is 5.36. The Bertz CT molecular complexity index is 471. The summed E-state index contributed by atoms with van der Waals surface area (Å²) in [7, 11) is 0. The highest BCUT2D eigenvalue weighted by Crippen LogP contribution is 2.33. The zero-order chi connectivity index (χ0) is 12.1. The van der Waals surface area contributed by atoms with Crippen LogP contribution in [0.2, 0.25) is 0 Å². The van der Waals surface area contributed by atoms with Crippen LogP contribution in [0.25, 0.3) is 0 Å². The number of rotatable bonds is 5. The van der Waals surface area contributed by atoms with Gasteiger partial charge in [0.1, 0.15) is 0 Å². The van der Waals surface area contributed by atoms with Crippen molar-refractivity contribution >= 4 is 11.3 Å². The SMILES string of the molecule is CCOc1cc(CN)ccc1Oc1nccs1. The molecule has 17 heavy (non-hydrogen) atoms. The van der Waals surface area contributed by atoms with Crippen molar-refractivity contribution in [3.63, 3.8) is 0 Å². The summed E-state index contributed by atoms with van der Waals surface area (Å²) >= 11 is 1.44. The predicted octanol–water partition coefficient (Wildman–Crippen LogP) is 2.79. The topological polar surface area (TPSA) is 57.4 Å². The number of benzene rings is 1. The van der Waals surface area contributed by atoms with Crippen LogP contribution in [0.1, 0.15) is 12.5 Å². The van der Waals surface area contributed by atoms with Gasteiger partial charge in [-0.25, -0.2) is 4.98 Å². The highest BCUT2D eigenvalue weighted by molar-refractivity contribution is 7.11. The van der Waals surface area contributed by atoms with Crippen LogP contribution < -0.4 is 15.2 Å². The lowest BCUT2D eigenvalue weighted by Gasteiger charge is -2.10. The first-order chi connectivity index (χ1) is 8.33. The molecular weight excluding hydrogens is 236 g/mol. The molecule has 0 bridgehead atoms. The number of hydrogen-bond acceptors (Lipinski definition) is 5. The molecule has 2 aromatic rings. The minimum Gasteiger partial charge on any atom is -0.490 e. The summed E-state index contributed by atoms with van der Waals surface area (Å²) in [5.74, 6) is 1.37. The average Bonchev–Trinajstić information content (AvgIpc) is 2.84. The van der Waals surface area contributed by atoms with Gasteiger partial charge in [0.2, 0.25) is 0 Å². The Morgan fingerprint density at radius 1 is 1.35 bits per heavy atom. The third kappa shape index (κ3) is 2.95. The molecule has 1 aromatic carbocycles. The highest BCUT2D eigenvalue weighted by Gasteiger charge is 2.08. The van der Waals surface area contributed by atoms with Crippen molar-refractivity contribution in [3.8, 4) is 16.7 Å². The van der Waals surface area contributed by atoms with Gasteiger partial charge in [-0.05, 0) is 24.6 Å². The second-order valence-corrected chi connectivity index (χ2v) is 4.18. The van der Waals surface area contributed by atoms with E-state index in [2.05, 4.69) is 4.98 Å². The molecule has 0 saturated heterocycles. The van der Waals surface area contributed by atoms with Crippen LogP contribution in [0.5, 0.6) is 16.7 Å². The fourth-order valence-electron chi connectivity index (χ4n) is 1.39. The number of thiazole rings is 1. The minimum atomic E-state index is 0.484. The zero-order valence-corrected chi connectivity index (χ0v) is 10.4. The molecule has 0 aliphatic carbocycles. The standard InChI is InChI=1S/C12H14N2O2S/c1-2-15-11-7-9(8-13)3-4-10(11)16-12-14-5-6-17-12/h3-7H,2,8,13H2,1H3. The Kier molecular flexibility index (Phi) is 3.95. The third-order valence-corrected chi connectivity index (χ3v) is 2.80. The summed E-state index contributed by atoms with van der Waals surface area (Å²) in [6.07, 6.45) is 1.70. The first-order valence-corrected chi connectivity index (χ1v) is 6.24. The van der Waals surface area contributed by atoms with Gasteiger partial charge in [-0.15, -0.1) is 0 Å². The normalized spacial score (nSPS) is 10.2. The molecule has 0 amide bonds. The summed E-state index contributed by atoms with van der Waals surface area (Å²) in [5.41, 5.74) is 6.61. The Balaban J connectivity index is 2.25. The lowest BCUT2D eigenvalue weighted by Crippen LogP contribution is -1.99. The molecule has 0 aliphatic rings. The van der Waals surface area contributed by atoms with Crippen molar-refractivity contribution in [3.05, 3.63) is 35.3 Å². The molecule has 0 atom stereocenters. The molecule has 90 valence electrons. The highest BCUT2D eigenvalue weighted by atomic mass is 32.1. The van der Waals surface area contributed by atoms with Gasteiger partial charge in [-0.2, -0.15) is 0 Å². The van der Waals surface area contributed by atoms with E-state index in [1.54, 1.807) is 6.20 Å². The fraction of sp³-hybridized carbons (Fsp3) is 0.250. The van der Waals surface area contributed by atoms with Crippen molar-refractivity contribution in [1.82, 2.24) is 4.98 Å². The van der Waals surface area contributed by atoms with E-state index in [4.69, 9.17) is 15.2 Å². The quantitative estimate of drug-likeness (QED) is 0.886. The van der Waals surface area contributed by atoms with Gasteiger partial charge in [0, 0.05) is 18.1 Å². The molecule has 4 nitrogen and oxygen atoms in total. The monoisotopic (exact) mass is 250 g/mol. The smallest absolute Gasteiger partial charge is 0.278 e. The molecule has 0 unspecified atom stereocenters. The summed E-state index contributed by atoms with van der Waals surface area (Å²) in [6, 6.07) is 5.67. The van der Waals surface area contributed by atoms with Gasteiger partial charge >= 0.3 is 0 Å². The summed E-state index contributed by atoms with van der Waals surface area (Å²) in [6.45, 7) is 3.00. The zero-order valence-electron chi connectivity index (χ0n) is 9.55. The Morgan fingerprint density at radius 2 is 2.24 bits per heavy atom. The van der Waals surface area contributed by atoms with Gasteiger partial charge in [-0.1, -0.05) is 17.4 Å². The van der Waals surface area contributed by atoms with E-state index in [0.717, 1.165) is 5.56 Å². The molecule has 5 heteroatoms. The number of ether oxygens (including phenoxy) is 2. The molecule has 0 spiro atoms. The van der Waals surface area contributed by atoms with Crippen molar-refractivity contribution in [2.45, 2.75) is 13.5 Å². The summed E-state index contributed by atoms with van der Waals surface area (Å²) < 4.78 is 11.2. The van der Waals surface area contributed by atoms with E-state index >= 15 is 0 Å². The van der Waals surface area contributed by atoms with Crippen molar-refractivity contribution in [2.24, 2.45) is 5.73 Å². The number of nitrogens with zero attached hydrogens (tertiary/aromatic N) is 1. The lowest BCUT2D eigenvalue weighted by atomic mass is 10.2. The van der Waals surface area contributed by atoms with Crippen LogP contribution in [-0.2, 0) is 6.54 Å².